The largest absolute Gasteiger partial charge is 0.457 e. The smallest absolute Gasteiger partial charge is 0.318 e. The monoisotopic (exact) mass is 406 g/mol. The van der Waals surface area contributed by atoms with E-state index in [9.17, 15) is 9.59 Å². The molecule has 0 spiro atoms. The molecule has 0 aliphatic carbocycles. The molecule has 154 valence electrons. The van der Waals surface area contributed by atoms with Gasteiger partial charge in [-0.15, -0.1) is 0 Å². The van der Waals surface area contributed by atoms with Crippen LogP contribution in [0.3, 0.4) is 0 Å². The van der Waals surface area contributed by atoms with Crippen molar-refractivity contribution < 1.29 is 23.6 Å². The highest BCUT2D eigenvalue weighted by Crippen LogP contribution is 2.44. The molecule has 0 fully saturated rings. The summed E-state index contributed by atoms with van der Waals surface area (Å²) in [5.41, 5.74) is 1.91. The topological polar surface area (TPSA) is 90.7 Å². The number of aromatic nitrogens is 1. The number of anilines is 1. The zero-order valence-corrected chi connectivity index (χ0v) is 17.0. The predicted molar refractivity (Wildman–Crippen MR) is 110 cm³/mol. The lowest BCUT2D eigenvalue weighted by molar-refractivity contribution is -0.148. The molecule has 0 saturated heterocycles. The molecule has 30 heavy (non-hydrogen) atoms. The van der Waals surface area contributed by atoms with Crippen LogP contribution in [0.15, 0.2) is 59.1 Å². The highest BCUT2D eigenvalue weighted by atomic mass is 16.5. The van der Waals surface area contributed by atoms with Gasteiger partial charge in [0.05, 0.1) is 5.69 Å². The molecule has 0 unspecified atom stereocenters. The van der Waals surface area contributed by atoms with Crippen LogP contribution in [0, 0.1) is 0 Å². The number of hydrogen-bond donors (Lipinski definition) is 1. The molecule has 0 atom stereocenters. The molecule has 1 amide bonds. The van der Waals surface area contributed by atoms with Crippen molar-refractivity contribution in [2.45, 2.75) is 32.1 Å². The number of amides is 1. The molecule has 2 aromatic carbocycles. The lowest BCUT2D eigenvalue weighted by atomic mass is 9.88. The van der Waals surface area contributed by atoms with E-state index < -0.39 is 24.4 Å². The zero-order valence-electron chi connectivity index (χ0n) is 17.0. The number of rotatable bonds is 4. The standard InChI is InChI=1S/C23H22N2O5/c1-23(2,3)18-12-20(30-25-18)24-19(26)13-28-22(27)21-14-8-4-6-10-16(14)29-17-11-7-5-9-15(17)21/h4-12,21H,13H2,1-3H3,(H,24,26). The first-order valence-corrected chi connectivity index (χ1v) is 9.62. The maximum absolute atomic E-state index is 12.9. The molecule has 1 aliphatic heterocycles. The third-order valence-electron chi connectivity index (χ3n) is 4.80. The molecule has 3 aromatic rings. The lowest BCUT2D eigenvalue weighted by Crippen LogP contribution is -2.26. The van der Waals surface area contributed by atoms with Crippen molar-refractivity contribution in [2.24, 2.45) is 0 Å². The van der Waals surface area contributed by atoms with Crippen molar-refractivity contribution in [1.29, 1.82) is 0 Å². The summed E-state index contributed by atoms with van der Waals surface area (Å²) in [6.45, 7) is 5.53. The SMILES string of the molecule is CC(C)(C)c1cc(NC(=O)COC(=O)C2c3ccccc3Oc3ccccc32)on1. The Morgan fingerprint density at radius 2 is 1.63 bits per heavy atom. The number of hydrogen-bond acceptors (Lipinski definition) is 6. The lowest BCUT2D eigenvalue weighted by Gasteiger charge is -2.26. The highest BCUT2D eigenvalue weighted by Gasteiger charge is 2.34. The molecule has 0 bridgehead atoms. The van der Waals surface area contributed by atoms with Crippen LogP contribution in [0.25, 0.3) is 0 Å². The Labute approximate surface area is 174 Å². The molecule has 7 heteroatoms. The van der Waals surface area contributed by atoms with E-state index in [-0.39, 0.29) is 11.3 Å². The molecule has 1 aromatic heterocycles. The van der Waals surface area contributed by atoms with Crippen LogP contribution in [-0.4, -0.2) is 23.6 Å². The molecule has 7 nitrogen and oxygen atoms in total. The summed E-state index contributed by atoms with van der Waals surface area (Å²) in [6, 6.07) is 16.2. The Morgan fingerprint density at radius 1 is 1.03 bits per heavy atom. The average Bonchev–Trinajstić information content (AvgIpc) is 3.19. The van der Waals surface area contributed by atoms with Crippen molar-refractivity contribution in [3.63, 3.8) is 0 Å². The fraction of sp³-hybridized carbons (Fsp3) is 0.261. The summed E-state index contributed by atoms with van der Waals surface area (Å²) in [5, 5.41) is 6.51. The first-order valence-electron chi connectivity index (χ1n) is 9.62. The van der Waals surface area contributed by atoms with Crippen molar-refractivity contribution in [3.8, 4) is 11.5 Å². The van der Waals surface area contributed by atoms with E-state index in [0.29, 0.717) is 28.3 Å². The van der Waals surface area contributed by atoms with Gasteiger partial charge in [-0.25, -0.2) is 0 Å². The Balaban J connectivity index is 1.46. The first kappa shape index (κ1) is 19.7. The van der Waals surface area contributed by atoms with Gasteiger partial charge in [0.25, 0.3) is 5.91 Å². The van der Waals surface area contributed by atoms with Crippen molar-refractivity contribution in [2.75, 3.05) is 11.9 Å². The number of esters is 1. The molecule has 1 N–H and O–H groups in total. The molecule has 0 saturated carbocycles. The number of benzene rings is 2. The molecule has 0 radical (unpaired) electrons. The Hall–Kier alpha value is -3.61. The van der Waals surface area contributed by atoms with Crippen LogP contribution < -0.4 is 10.1 Å². The zero-order chi connectivity index (χ0) is 21.3. The summed E-state index contributed by atoms with van der Waals surface area (Å²) in [5.74, 6) is -0.299. The van der Waals surface area contributed by atoms with Gasteiger partial charge in [-0.05, 0) is 12.1 Å². The minimum Gasteiger partial charge on any atom is -0.457 e. The van der Waals surface area contributed by atoms with E-state index in [0.717, 1.165) is 0 Å². The van der Waals surface area contributed by atoms with Gasteiger partial charge in [0.2, 0.25) is 5.88 Å². The van der Waals surface area contributed by atoms with Gasteiger partial charge in [0.1, 0.15) is 17.4 Å². The van der Waals surface area contributed by atoms with Crippen molar-refractivity contribution in [1.82, 2.24) is 5.16 Å². The second kappa shape index (κ2) is 7.67. The van der Waals surface area contributed by atoms with Crippen LogP contribution >= 0.6 is 0 Å². The third-order valence-corrected chi connectivity index (χ3v) is 4.80. The average molecular weight is 406 g/mol. The molecular weight excluding hydrogens is 384 g/mol. The molecular formula is C23H22N2O5. The van der Waals surface area contributed by atoms with Gasteiger partial charge >= 0.3 is 5.97 Å². The number of carbonyl (C=O) groups is 2. The maximum atomic E-state index is 12.9. The summed E-state index contributed by atoms with van der Waals surface area (Å²) in [6.07, 6.45) is 0. The highest BCUT2D eigenvalue weighted by molar-refractivity contribution is 5.93. The van der Waals surface area contributed by atoms with Gasteiger partial charge in [-0.3, -0.25) is 14.9 Å². The van der Waals surface area contributed by atoms with E-state index in [1.807, 2.05) is 57.2 Å². The van der Waals surface area contributed by atoms with E-state index in [4.69, 9.17) is 14.0 Å². The van der Waals surface area contributed by atoms with Gasteiger partial charge in [-0.2, -0.15) is 0 Å². The minimum atomic E-state index is -0.670. The second-order valence-electron chi connectivity index (χ2n) is 8.09. The second-order valence-corrected chi connectivity index (χ2v) is 8.09. The normalized spacial score (nSPS) is 13.0. The van der Waals surface area contributed by atoms with Crippen LogP contribution in [0.4, 0.5) is 5.88 Å². The number of ether oxygens (including phenoxy) is 2. The van der Waals surface area contributed by atoms with E-state index in [1.54, 1.807) is 18.2 Å². The fourth-order valence-electron chi connectivity index (χ4n) is 3.24. The quantitative estimate of drug-likeness (QED) is 0.646. The van der Waals surface area contributed by atoms with Crippen molar-refractivity contribution >= 4 is 17.8 Å². The molecule has 2 heterocycles. The number of carbonyl (C=O) groups excluding carboxylic acids is 2. The number of nitrogens with zero attached hydrogens (tertiary/aromatic N) is 1. The van der Waals surface area contributed by atoms with Crippen LogP contribution in [0.1, 0.15) is 43.5 Å². The predicted octanol–water partition coefficient (Wildman–Crippen LogP) is 4.39. The third kappa shape index (κ3) is 3.91. The fourth-order valence-corrected chi connectivity index (χ4v) is 3.24. The van der Waals surface area contributed by atoms with Crippen LogP contribution in [0.5, 0.6) is 11.5 Å². The number of para-hydroxylation sites is 2. The number of nitrogens with one attached hydrogen (secondary N) is 1. The summed E-state index contributed by atoms with van der Waals surface area (Å²) >= 11 is 0. The Bertz CT molecular complexity index is 1050. The summed E-state index contributed by atoms with van der Waals surface area (Å²) in [7, 11) is 0. The maximum Gasteiger partial charge on any atom is 0.318 e. The van der Waals surface area contributed by atoms with Gasteiger partial charge in [-0.1, -0.05) is 62.3 Å². The summed E-state index contributed by atoms with van der Waals surface area (Å²) < 4.78 is 16.4. The summed E-state index contributed by atoms with van der Waals surface area (Å²) in [4.78, 5) is 25.2. The van der Waals surface area contributed by atoms with E-state index in [2.05, 4.69) is 10.5 Å². The van der Waals surface area contributed by atoms with Gasteiger partial charge in [0, 0.05) is 22.6 Å². The van der Waals surface area contributed by atoms with Gasteiger partial charge < -0.3 is 14.0 Å². The van der Waals surface area contributed by atoms with E-state index >= 15 is 0 Å². The van der Waals surface area contributed by atoms with Gasteiger partial charge in [0.15, 0.2) is 6.61 Å². The Morgan fingerprint density at radius 3 is 2.20 bits per heavy atom. The Kier molecular flexibility index (Phi) is 5.03. The van der Waals surface area contributed by atoms with Crippen molar-refractivity contribution in [3.05, 3.63) is 71.4 Å². The first-order chi connectivity index (χ1) is 14.3. The molecule has 4 rings (SSSR count). The number of fused-ring (bicyclic) bond motifs is 2. The van der Waals surface area contributed by atoms with E-state index in [1.165, 1.54) is 0 Å². The minimum absolute atomic E-state index is 0.206. The van der Waals surface area contributed by atoms with Crippen LogP contribution in [0.2, 0.25) is 0 Å². The van der Waals surface area contributed by atoms with Crippen LogP contribution in [-0.2, 0) is 19.7 Å². The molecule has 1 aliphatic rings.